The van der Waals surface area contributed by atoms with E-state index in [2.05, 4.69) is 15.0 Å². The van der Waals surface area contributed by atoms with Crippen molar-refractivity contribution in [3.05, 3.63) is 35.4 Å². The summed E-state index contributed by atoms with van der Waals surface area (Å²) in [5.41, 5.74) is 1.70. The third-order valence-electron chi connectivity index (χ3n) is 2.81. The number of nitrogens with one attached hydrogen (secondary N) is 1. The number of esters is 1. The number of benzene rings is 1. The van der Waals surface area contributed by atoms with Crippen LogP contribution in [0, 0.1) is 0 Å². The smallest absolute Gasteiger partial charge is 0.337 e. The minimum absolute atomic E-state index is 0.307. The number of likely N-dealkylation sites (N-methyl/N-ethyl adjacent to an activating group) is 1. The predicted molar refractivity (Wildman–Crippen MR) is 78.9 cm³/mol. The van der Waals surface area contributed by atoms with Crippen LogP contribution in [0.1, 0.15) is 15.9 Å². The second-order valence-electron chi connectivity index (χ2n) is 4.78. The first kappa shape index (κ1) is 16.6. The molecule has 1 aromatic rings. The maximum Gasteiger partial charge on any atom is 0.337 e. The summed E-state index contributed by atoms with van der Waals surface area (Å²) >= 11 is 0. The Bertz CT molecular complexity index is 391. The minimum atomic E-state index is -0.307. The van der Waals surface area contributed by atoms with E-state index in [1.807, 2.05) is 26.2 Å². The second kappa shape index (κ2) is 9.47. The molecule has 1 N–H and O–H groups in total. The molecule has 0 aliphatic heterocycles. The van der Waals surface area contributed by atoms with Gasteiger partial charge in [0.25, 0.3) is 0 Å². The van der Waals surface area contributed by atoms with Gasteiger partial charge in [-0.25, -0.2) is 4.79 Å². The van der Waals surface area contributed by atoms with E-state index in [0.29, 0.717) is 12.2 Å². The first-order valence-corrected chi connectivity index (χ1v) is 6.74. The molecule has 0 bridgehead atoms. The Morgan fingerprint density at radius 3 is 2.50 bits per heavy atom. The summed E-state index contributed by atoms with van der Waals surface area (Å²) in [6.07, 6.45) is 0. The van der Waals surface area contributed by atoms with Crippen LogP contribution in [0.4, 0.5) is 0 Å². The van der Waals surface area contributed by atoms with Gasteiger partial charge in [-0.3, -0.25) is 0 Å². The molecular weight excluding hydrogens is 256 g/mol. The zero-order valence-electron chi connectivity index (χ0n) is 12.5. The van der Waals surface area contributed by atoms with Crippen LogP contribution in [-0.4, -0.2) is 58.4 Å². The summed E-state index contributed by atoms with van der Waals surface area (Å²) in [6.45, 7) is 3.97. The number of carbonyl (C=O) groups excluding carboxylic acids is 1. The lowest BCUT2D eigenvalue weighted by molar-refractivity contribution is 0.0600. The van der Waals surface area contributed by atoms with Gasteiger partial charge in [0.1, 0.15) is 0 Å². The molecule has 0 radical (unpaired) electrons. The molecular formula is C15H24N2O3. The maximum atomic E-state index is 11.3. The summed E-state index contributed by atoms with van der Waals surface area (Å²) in [5.74, 6) is -0.307. The fourth-order valence-corrected chi connectivity index (χ4v) is 1.60. The Morgan fingerprint density at radius 2 is 1.90 bits per heavy atom. The number of nitrogens with zero attached hydrogens (tertiary/aromatic N) is 1. The van der Waals surface area contributed by atoms with Crippen LogP contribution < -0.4 is 5.32 Å². The third-order valence-corrected chi connectivity index (χ3v) is 2.81. The normalized spacial score (nSPS) is 10.8. The van der Waals surface area contributed by atoms with Crippen molar-refractivity contribution >= 4 is 5.97 Å². The summed E-state index contributed by atoms with van der Waals surface area (Å²) in [7, 11) is 5.44. The SMILES string of the molecule is COC(=O)c1ccc(CNCCOCCN(C)C)cc1. The van der Waals surface area contributed by atoms with Gasteiger partial charge in [-0.15, -0.1) is 0 Å². The van der Waals surface area contributed by atoms with Gasteiger partial charge >= 0.3 is 5.97 Å². The maximum absolute atomic E-state index is 11.3. The van der Waals surface area contributed by atoms with Gasteiger partial charge in [0, 0.05) is 19.6 Å². The molecule has 0 saturated carbocycles. The van der Waals surface area contributed by atoms with Crippen LogP contribution in [-0.2, 0) is 16.0 Å². The Morgan fingerprint density at radius 1 is 1.20 bits per heavy atom. The summed E-state index contributed by atoms with van der Waals surface area (Å²) in [5, 5.41) is 3.30. The van der Waals surface area contributed by atoms with Crippen molar-refractivity contribution in [3.63, 3.8) is 0 Å². The van der Waals surface area contributed by atoms with Crippen molar-refractivity contribution in [1.29, 1.82) is 0 Å². The van der Waals surface area contributed by atoms with Gasteiger partial charge in [-0.1, -0.05) is 12.1 Å². The van der Waals surface area contributed by atoms with E-state index in [4.69, 9.17) is 4.74 Å². The number of carbonyl (C=O) groups is 1. The lowest BCUT2D eigenvalue weighted by Crippen LogP contribution is -2.23. The Balaban J connectivity index is 2.14. The minimum Gasteiger partial charge on any atom is -0.465 e. The van der Waals surface area contributed by atoms with Crippen LogP contribution in [0.15, 0.2) is 24.3 Å². The highest BCUT2D eigenvalue weighted by Crippen LogP contribution is 2.05. The highest BCUT2D eigenvalue weighted by atomic mass is 16.5. The van der Waals surface area contributed by atoms with Crippen molar-refractivity contribution in [2.75, 3.05) is 47.5 Å². The van der Waals surface area contributed by atoms with Gasteiger partial charge < -0.3 is 19.7 Å². The fraction of sp³-hybridized carbons (Fsp3) is 0.533. The van der Waals surface area contributed by atoms with Crippen molar-refractivity contribution < 1.29 is 14.3 Å². The predicted octanol–water partition coefficient (Wildman–Crippen LogP) is 1.14. The molecule has 112 valence electrons. The van der Waals surface area contributed by atoms with Crippen molar-refractivity contribution in [3.8, 4) is 0 Å². The van der Waals surface area contributed by atoms with Crippen LogP contribution in [0.5, 0.6) is 0 Å². The van der Waals surface area contributed by atoms with E-state index in [1.165, 1.54) is 7.11 Å². The van der Waals surface area contributed by atoms with Crippen LogP contribution in [0.25, 0.3) is 0 Å². The molecule has 5 nitrogen and oxygen atoms in total. The van der Waals surface area contributed by atoms with Gasteiger partial charge in [-0.05, 0) is 31.8 Å². The first-order valence-electron chi connectivity index (χ1n) is 6.74. The molecule has 0 fully saturated rings. The summed E-state index contributed by atoms with van der Waals surface area (Å²) in [4.78, 5) is 13.4. The largest absolute Gasteiger partial charge is 0.465 e. The molecule has 0 unspecified atom stereocenters. The van der Waals surface area contributed by atoms with E-state index in [9.17, 15) is 4.79 Å². The Kier molecular flexibility index (Phi) is 7.87. The molecule has 0 aliphatic rings. The first-order chi connectivity index (χ1) is 9.63. The van der Waals surface area contributed by atoms with Crippen LogP contribution >= 0.6 is 0 Å². The molecule has 0 atom stereocenters. The zero-order valence-corrected chi connectivity index (χ0v) is 12.5. The van der Waals surface area contributed by atoms with Gasteiger partial charge in [0.15, 0.2) is 0 Å². The third kappa shape index (κ3) is 6.65. The van der Waals surface area contributed by atoms with Crippen molar-refractivity contribution in [2.24, 2.45) is 0 Å². The van der Waals surface area contributed by atoms with Gasteiger partial charge in [0.05, 0.1) is 25.9 Å². The molecule has 0 heterocycles. The Labute approximate surface area is 120 Å². The second-order valence-corrected chi connectivity index (χ2v) is 4.78. The highest BCUT2D eigenvalue weighted by molar-refractivity contribution is 5.89. The molecule has 0 aliphatic carbocycles. The average Bonchev–Trinajstić information content (AvgIpc) is 2.45. The lowest BCUT2D eigenvalue weighted by Gasteiger charge is -2.10. The van der Waals surface area contributed by atoms with E-state index < -0.39 is 0 Å². The molecule has 0 spiro atoms. The molecule has 20 heavy (non-hydrogen) atoms. The van der Waals surface area contributed by atoms with E-state index in [-0.39, 0.29) is 5.97 Å². The van der Waals surface area contributed by atoms with Crippen LogP contribution in [0.3, 0.4) is 0 Å². The average molecular weight is 280 g/mol. The van der Waals surface area contributed by atoms with E-state index >= 15 is 0 Å². The number of ether oxygens (including phenoxy) is 2. The monoisotopic (exact) mass is 280 g/mol. The fourth-order valence-electron chi connectivity index (χ4n) is 1.60. The molecule has 0 amide bonds. The van der Waals surface area contributed by atoms with Crippen LogP contribution in [0.2, 0.25) is 0 Å². The highest BCUT2D eigenvalue weighted by Gasteiger charge is 2.03. The number of methoxy groups -OCH3 is 1. The lowest BCUT2D eigenvalue weighted by atomic mass is 10.1. The summed E-state index contributed by atoms with van der Waals surface area (Å²) in [6, 6.07) is 7.39. The topological polar surface area (TPSA) is 50.8 Å². The summed E-state index contributed by atoms with van der Waals surface area (Å²) < 4.78 is 10.1. The number of rotatable bonds is 9. The molecule has 0 saturated heterocycles. The van der Waals surface area contributed by atoms with Crippen molar-refractivity contribution in [1.82, 2.24) is 10.2 Å². The number of hydrogen-bond acceptors (Lipinski definition) is 5. The van der Waals surface area contributed by atoms with Gasteiger partial charge in [0.2, 0.25) is 0 Å². The zero-order chi connectivity index (χ0) is 14.8. The number of hydrogen-bond donors (Lipinski definition) is 1. The quantitative estimate of drug-likeness (QED) is 0.543. The molecule has 1 aromatic carbocycles. The molecule has 0 aromatic heterocycles. The van der Waals surface area contributed by atoms with E-state index in [1.54, 1.807) is 12.1 Å². The van der Waals surface area contributed by atoms with E-state index in [0.717, 1.165) is 31.8 Å². The standard InChI is InChI=1S/C15H24N2O3/c1-17(2)9-11-20-10-8-16-12-13-4-6-14(7-5-13)15(18)19-3/h4-7,16H,8-12H2,1-3H3. The molecule has 1 rings (SSSR count). The van der Waals surface area contributed by atoms with Gasteiger partial charge in [-0.2, -0.15) is 0 Å². The Hall–Kier alpha value is -1.43. The molecule has 5 heteroatoms. The van der Waals surface area contributed by atoms with Crippen molar-refractivity contribution in [2.45, 2.75) is 6.54 Å².